The van der Waals surface area contributed by atoms with Crippen LogP contribution in [0.25, 0.3) is 0 Å². The Hall–Kier alpha value is -1.39. The van der Waals surface area contributed by atoms with Gasteiger partial charge in [-0.25, -0.2) is 0 Å². The number of ether oxygens (including phenoxy) is 5. The molecule has 0 aromatic rings. The first-order valence-corrected chi connectivity index (χ1v) is 8.65. The highest BCUT2D eigenvalue weighted by Gasteiger charge is 2.06. The van der Waals surface area contributed by atoms with Crippen LogP contribution in [-0.2, 0) is 28.5 Å². The molecule has 0 saturated heterocycles. The van der Waals surface area contributed by atoms with Crippen molar-refractivity contribution in [2.45, 2.75) is 6.42 Å². The third kappa shape index (κ3) is 17.4. The second kappa shape index (κ2) is 18.4. The van der Waals surface area contributed by atoms with Crippen LogP contribution >= 0.6 is 0 Å². The normalized spacial score (nSPS) is 13.0. The number of carboxylic acid groups (broad SMARTS) is 1. The molecule has 1 aliphatic rings. The predicted molar refractivity (Wildman–Crippen MR) is 96.9 cm³/mol. The molecule has 154 valence electrons. The number of hydrogen-bond acceptors (Lipinski definition) is 8. The number of carboxylic acids is 1. The Bertz CT molecular complexity index is 356. The highest BCUT2D eigenvalue weighted by Crippen LogP contribution is 2.01. The zero-order valence-electron chi connectivity index (χ0n) is 16.2. The summed E-state index contributed by atoms with van der Waals surface area (Å²) in [5.74, 6) is -0.854. The molecule has 0 fully saturated rings. The van der Waals surface area contributed by atoms with Crippen molar-refractivity contribution in [1.82, 2.24) is 9.80 Å². The van der Waals surface area contributed by atoms with Crippen LogP contribution in [-0.4, -0.2) is 108 Å². The van der Waals surface area contributed by atoms with Gasteiger partial charge in [0.05, 0.1) is 65.9 Å². The lowest BCUT2D eigenvalue weighted by molar-refractivity contribution is -0.138. The van der Waals surface area contributed by atoms with Gasteiger partial charge in [0.15, 0.2) is 0 Å². The van der Waals surface area contributed by atoms with E-state index in [0.29, 0.717) is 39.6 Å². The number of hydrogen-bond donors (Lipinski definition) is 1. The Balaban J connectivity index is 0.000000531. The first kappa shape index (κ1) is 24.6. The summed E-state index contributed by atoms with van der Waals surface area (Å²) in [6.45, 7) is 6.04. The van der Waals surface area contributed by atoms with Crippen molar-refractivity contribution < 1.29 is 33.6 Å². The van der Waals surface area contributed by atoms with E-state index in [2.05, 4.69) is 29.2 Å². The van der Waals surface area contributed by atoms with Gasteiger partial charge in [0.25, 0.3) is 0 Å². The highest BCUT2D eigenvalue weighted by molar-refractivity contribution is 5.66. The molecule has 9 nitrogen and oxygen atoms in total. The zero-order chi connectivity index (χ0) is 19.5. The van der Waals surface area contributed by atoms with E-state index in [-0.39, 0.29) is 13.0 Å². The largest absolute Gasteiger partial charge is 0.481 e. The second-order valence-electron chi connectivity index (χ2n) is 5.48. The molecule has 0 atom stereocenters. The first-order valence-electron chi connectivity index (χ1n) is 8.65. The van der Waals surface area contributed by atoms with E-state index in [0.717, 1.165) is 19.8 Å². The van der Waals surface area contributed by atoms with Crippen LogP contribution in [0, 0.1) is 0 Å². The van der Waals surface area contributed by atoms with Crippen molar-refractivity contribution >= 4 is 5.97 Å². The van der Waals surface area contributed by atoms with Gasteiger partial charge in [0, 0.05) is 40.2 Å². The minimum absolute atomic E-state index is 0.0279. The van der Waals surface area contributed by atoms with Crippen molar-refractivity contribution in [2.24, 2.45) is 0 Å². The van der Waals surface area contributed by atoms with Crippen molar-refractivity contribution in [1.29, 1.82) is 0 Å². The quantitative estimate of drug-likeness (QED) is 0.408. The lowest BCUT2D eigenvalue weighted by atomic mass is 10.5. The minimum atomic E-state index is -0.854. The Morgan fingerprint density at radius 1 is 0.885 bits per heavy atom. The molecule has 0 aromatic carbocycles. The van der Waals surface area contributed by atoms with Gasteiger partial charge in [-0.2, -0.15) is 0 Å². The molecule has 0 unspecified atom stereocenters. The third-order valence-electron chi connectivity index (χ3n) is 3.16. The number of rotatable bonds is 15. The Morgan fingerprint density at radius 3 is 1.88 bits per heavy atom. The molecule has 0 amide bonds. The summed E-state index contributed by atoms with van der Waals surface area (Å²) in [6, 6.07) is 0. The van der Waals surface area contributed by atoms with Gasteiger partial charge in [0.2, 0.25) is 0 Å². The molecule has 0 bridgehead atoms. The Kier molecular flexibility index (Phi) is 17.4. The van der Waals surface area contributed by atoms with E-state index < -0.39 is 5.97 Å². The fourth-order valence-corrected chi connectivity index (χ4v) is 1.79. The van der Waals surface area contributed by atoms with E-state index in [1.54, 1.807) is 14.2 Å². The molecule has 1 rings (SSSR count). The van der Waals surface area contributed by atoms with Crippen LogP contribution in [0.2, 0.25) is 0 Å². The van der Waals surface area contributed by atoms with E-state index in [4.69, 9.17) is 28.8 Å². The maximum absolute atomic E-state index is 10.1. The molecule has 1 heterocycles. The number of aliphatic carboxylic acids is 1. The molecule has 0 saturated carbocycles. The predicted octanol–water partition coefficient (Wildman–Crippen LogP) is 0.466. The summed E-state index contributed by atoms with van der Waals surface area (Å²) in [5, 5.41) is 8.32. The molecule has 26 heavy (non-hydrogen) atoms. The number of nitrogens with zero attached hydrogens (tertiary/aromatic N) is 2. The van der Waals surface area contributed by atoms with Crippen LogP contribution in [0.15, 0.2) is 12.4 Å². The molecule has 1 N–H and O–H groups in total. The van der Waals surface area contributed by atoms with Gasteiger partial charge in [-0.15, -0.1) is 0 Å². The highest BCUT2D eigenvalue weighted by atomic mass is 16.6. The van der Waals surface area contributed by atoms with Crippen molar-refractivity contribution in [3.63, 3.8) is 0 Å². The lowest BCUT2D eigenvalue weighted by Crippen LogP contribution is -2.25. The summed E-state index contributed by atoms with van der Waals surface area (Å²) in [7, 11) is 5.40. The standard InChI is InChI=1S/C10H20O6.C7H14N2O/c1-13-4-5-15-8-9-16-7-6-14-3-2-10(11)12;1-8-3-4-9(7-8)5-6-10-2/h2-9H2,1H3,(H,11,12);3-4H,5-7H2,1-2H3. The summed E-state index contributed by atoms with van der Waals surface area (Å²) in [5.41, 5.74) is 0. The molecule has 1 aliphatic heterocycles. The molecule has 0 aromatic heterocycles. The van der Waals surface area contributed by atoms with Crippen LogP contribution < -0.4 is 0 Å². The summed E-state index contributed by atoms with van der Waals surface area (Å²) < 4.78 is 25.1. The number of methoxy groups -OCH3 is 2. The molecular formula is C17H34N2O7. The van der Waals surface area contributed by atoms with Crippen LogP contribution in [0.1, 0.15) is 6.42 Å². The third-order valence-corrected chi connectivity index (χ3v) is 3.16. The van der Waals surface area contributed by atoms with Crippen molar-refractivity contribution in [3.8, 4) is 0 Å². The Labute approximate surface area is 156 Å². The van der Waals surface area contributed by atoms with Gasteiger partial charge < -0.3 is 38.6 Å². The zero-order valence-corrected chi connectivity index (χ0v) is 16.2. The second-order valence-corrected chi connectivity index (χ2v) is 5.48. The molecule has 0 aliphatic carbocycles. The first-order chi connectivity index (χ1) is 12.6. The average Bonchev–Trinajstić information content (AvgIpc) is 3.03. The molecule has 0 radical (unpaired) electrons. The van der Waals surface area contributed by atoms with Gasteiger partial charge >= 0.3 is 5.97 Å². The van der Waals surface area contributed by atoms with E-state index >= 15 is 0 Å². The molecule has 0 spiro atoms. The van der Waals surface area contributed by atoms with Gasteiger partial charge in [-0.05, 0) is 0 Å². The fourth-order valence-electron chi connectivity index (χ4n) is 1.79. The van der Waals surface area contributed by atoms with Crippen molar-refractivity contribution in [2.75, 3.05) is 87.3 Å². The van der Waals surface area contributed by atoms with Crippen LogP contribution in [0.5, 0.6) is 0 Å². The monoisotopic (exact) mass is 378 g/mol. The molecule has 9 heteroatoms. The van der Waals surface area contributed by atoms with Crippen molar-refractivity contribution in [3.05, 3.63) is 12.4 Å². The van der Waals surface area contributed by atoms with E-state index in [1.807, 2.05) is 0 Å². The van der Waals surface area contributed by atoms with Gasteiger partial charge in [-0.3, -0.25) is 4.79 Å². The van der Waals surface area contributed by atoms with E-state index in [1.165, 1.54) is 0 Å². The SMILES string of the molecule is COCCN1C=CN(C)C1.COCCOCCOCCOCCC(=O)O. The summed E-state index contributed by atoms with van der Waals surface area (Å²) >= 11 is 0. The fraction of sp³-hybridized carbons (Fsp3) is 0.824. The number of carbonyl (C=O) groups is 1. The van der Waals surface area contributed by atoms with Gasteiger partial charge in [0.1, 0.15) is 0 Å². The van der Waals surface area contributed by atoms with E-state index in [9.17, 15) is 4.79 Å². The minimum Gasteiger partial charge on any atom is -0.481 e. The van der Waals surface area contributed by atoms with Crippen LogP contribution in [0.4, 0.5) is 0 Å². The Morgan fingerprint density at radius 2 is 1.42 bits per heavy atom. The lowest BCUT2D eigenvalue weighted by Gasteiger charge is -2.16. The van der Waals surface area contributed by atoms with Gasteiger partial charge in [-0.1, -0.05) is 0 Å². The van der Waals surface area contributed by atoms with Crippen LogP contribution in [0.3, 0.4) is 0 Å². The maximum atomic E-state index is 10.1. The average molecular weight is 378 g/mol. The molecular weight excluding hydrogens is 344 g/mol. The smallest absolute Gasteiger partial charge is 0.305 e. The maximum Gasteiger partial charge on any atom is 0.305 e. The summed E-state index contributed by atoms with van der Waals surface area (Å²) in [6.07, 6.45) is 4.18. The topological polar surface area (TPSA) is 89.9 Å². The summed E-state index contributed by atoms with van der Waals surface area (Å²) in [4.78, 5) is 14.5.